The first kappa shape index (κ1) is 10.9. The molecule has 4 heteroatoms. The van der Waals surface area contributed by atoms with Crippen LogP contribution in [0.4, 0.5) is 0 Å². The zero-order valence-corrected chi connectivity index (χ0v) is 9.49. The molecule has 3 nitrogen and oxygen atoms in total. The fourth-order valence-corrected chi connectivity index (χ4v) is 1.94. The number of nitrogens with zero attached hydrogens (tertiary/aromatic N) is 1. The number of aldehydes is 1. The van der Waals surface area contributed by atoms with Gasteiger partial charge >= 0.3 is 0 Å². The first-order valence-corrected chi connectivity index (χ1v) is 5.33. The molecule has 1 aromatic carbocycles. The summed E-state index contributed by atoms with van der Waals surface area (Å²) in [7, 11) is 0. The number of rotatable bonds is 2. The van der Waals surface area contributed by atoms with Gasteiger partial charge in [-0.05, 0) is 25.1 Å². The highest BCUT2D eigenvalue weighted by atomic mass is 35.5. The summed E-state index contributed by atoms with van der Waals surface area (Å²) >= 11 is 5.89. The Kier molecular flexibility index (Phi) is 2.79. The molecule has 0 spiro atoms. The lowest BCUT2D eigenvalue weighted by Gasteiger charge is -2.06. The van der Waals surface area contributed by atoms with E-state index in [0.717, 1.165) is 0 Å². The van der Waals surface area contributed by atoms with Crippen LogP contribution < -0.4 is 5.56 Å². The van der Waals surface area contributed by atoms with Gasteiger partial charge in [-0.1, -0.05) is 11.6 Å². The van der Waals surface area contributed by atoms with E-state index in [4.69, 9.17) is 11.6 Å². The van der Waals surface area contributed by atoms with Gasteiger partial charge in [0.1, 0.15) is 0 Å². The predicted octanol–water partition coefficient (Wildman–Crippen LogP) is 2.49. The number of halogens is 1. The molecule has 0 atom stereocenters. The van der Waals surface area contributed by atoms with Gasteiger partial charge in [-0.3, -0.25) is 9.59 Å². The van der Waals surface area contributed by atoms with Gasteiger partial charge in [-0.2, -0.15) is 0 Å². The second kappa shape index (κ2) is 4.10. The van der Waals surface area contributed by atoms with Gasteiger partial charge in [0.2, 0.25) is 0 Å². The zero-order chi connectivity index (χ0) is 11.7. The van der Waals surface area contributed by atoms with Gasteiger partial charge in [0.25, 0.3) is 5.56 Å². The highest BCUT2D eigenvalue weighted by molar-refractivity contribution is 6.34. The highest BCUT2D eigenvalue weighted by Gasteiger charge is 2.08. The molecule has 0 aliphatic heterocycles. The average molecular weight is 236 g/mol. The summed E-state index contributed by atoms with van der Waals surface area (Å²) in [4.78, 5) is 22.9. The Bertz CT molecular complexity index is 616. The third-order valence-electron chi connectivity index (χ3n) is 2.60. The molecule has 0 aliphatic rings. The Morgan fingerprint density at radius 1 is 1.31 bits per heavy atom. The quantitative estimate of drug-likeness (QED) is 0.751. The second-order valence-corrected chi connectivity index (χ2v) is 3.85. The van der Waals surface area contributed by atoms with Crippen molar-refractivity contribution < 1.29 is 4.79 Å². The van der Waals surface area contributed by atoms with E-state index in [1.165, 1.54) is 0 Å². The molecular weight excluding hydrogens is 226 g/mol. The summed E-state index contributed by atoms with van der Waals surface area (Å²) < 4.78 is 1.59. The van der Waals surface area contributed by atoms with E-state index < -0.39 is 0 Å². The molecule has 0 saturated heterocycles. The van der Waals surface area contributed by atoms with Gasteiger partial charge in [-0.25, -0.2) is 0 Å². The first-order chi connectivity index (χ1) is 7.69. The Morgan fingerprint density at radius 3 is 2.69 bits per heavy atom. The van der Waals surface area contributed by atoms with E-state index in [-0.39, 0.29) is 5.56 Å². The van der Waals surface area contributed by atoms with E-state index in [2.05, 4.69) is 0 Å². The summed E-state index contributed by atoms with van der Waals surface area (Å²) in [5.41, 5.74) is 0.277. The maximum Gasteiger partial charge on any atom is 0.258 e. The van der Waals surface area contributed by atoms with Crippen LogP contribution in [0.3, 0.4) is 0 Å². The monoisotopic (exact) mass is 235 g/mol. The number of aryl methyl sites for hydroxylation is 1. The molecule has 0 amide bonds. The Hall–Kier alpha value is -1.61. The van der Waals surface area contributed by atoms with Crippen LogP contribution in [0.1, 0.15) is 17.3 Å². The van der Waals surface area contributed by atoms with E-state index in [1.807, 2.05) is 6.92 Å². The predicted molar refractivity (Wildman–Crippen MR) is 64.3 cm³/mol. The molecule has 82 valence electrons. The van der Waals surface area contributed by atoms with Gasteiger partial charge in [0.05, 0.1) is 5.02 Å². The van der Waals surface area contributed by atoms with Crippen LogP contribution in [0.2, 0.25) is 5.02 Å². The molecule has 2 rings (SSSR count). The Morgan fingerprint density at radius 2 is 2.06 bits per heavy atom. The highest BCUT2D eigenvalue weighted by Crippen LogP contribution is 2.22. The lowest BCUT2D eigenvalue weighted by molar-refractivity contribution is 0.112. The average Bonchev–Trinajstić information content (AvgIpc) is 2.29. The van der Waals surface area contributed by atoms with Crippen LogP contribution in [0.15, 0.2) is 29.2 Å². The van der Waals surface area contributed by atoms with Gasteiger partial charge < -0.3 is 4.57 Å². The van der Waals surface area contributed by atoms with Crippen molar-refractivity contribution in [1.29, 1.82) is 0 Å². The van der Waals surface area contributed by atoms with Gasteiger partial charge in [0, 0.05) is 29.1 Å². The Labute approximate surface area is 97.3 Å². The standard InChI is InChI=1S/C12H10ClNO2/c1-2-14-6-5-8-9(12(14)16)3-4-11(13)10(8)7-15/h3-7H,2H2,1H3. The molecule has 0 radical (unpaired) electrons. The summed E-state index contributed by atoms with van der Waals surface area (Å²) in [6.07, 6.45) is 2.36. The molecule has 0 bridgehead atoms. The number of carbonyl (C=O) groups excluding carboxylic acids is 1. The smallest absolute Gasteiger partial charge is 0.258 e. The van der Waals surface area contributed by atoms with Crippen molar-refractivity contribution in [3.8, 4) is 0 Å². The summed E-state index contributed by atoms with van der Waals surface area (Å²) in [6, 6.07) is 4.98. The molecule has 0 unspecified atom stereocenters. The van der Waals surface area contributed by atoms with Crippen molar-refractivity contribution in [2.75, 3.05) is 0 Å². The fraction of sp³-hybridized carbons (Fsp3) is 0.167. The SMILES string of the molecule is CCn1ccc2c(C=O)c(Cl)ccc2c1=O. The topological polar surface area (TPSA) is 39.1 Å². The van der Waals surface area contributed by atoms with Crippen LogP contribution in [0, 0.1) is 0 Å². The minimum absolute atomic E-state index is 0.0974. The number of fused-ring (bicyclic) bond motifs is 1. The molecular formula is C12H10ClNO2. The molecule has 16 heavy (non-hydrogen) atoms. The maximum absolute atomic E-state index is 11.9. The molecule has 0 fully saturated rings. The largest absolute Gasteiger partial charge is 0.315 e. The molecule has 1 aromatic heterocycles. The van der Waals surface area contributed by atoms with E-state index in [0.29, 0.717) is 34.2 Å². The lowest BCUT2D eigenvalue weighted by Crippen LogP contribution is -2.18. The third kappa shape index (κ3) is 1.53. The molecule has 0 saturated carbocycles. The van der Waals surface area contributed by atoms with Crippen molar-refractivity contribution in [2.45, 2.75) is 13.5 Å². The van der Waals surface area contributed by atoms with Crippen LogP contribution in [-0.2, 0) is 6.54 Å². The maximum atomic E-state index is 11.9. The summed E-state index contributed by atoms with van der Waals surface area (Å²) in [5.74, 6) is 0. The van der Waals surface area contributed by atoms with Crippen molar-refractivity contribution in [1.82, 2.24) is 4.57 Å². The molecule has 1 heterocycles. The number of aromatic nitrogens is 1. The summed E-state index contributed by atoms with van der Waals surface area (Å²) in [6.45, 7) is 2.50. The minimum Gasteiger partial charge on any atom is -0.315 e. The number of hydrogen-bond donors (Lipinski definition) is 0. The van der Waals surface area contributed by atoms with Crippen LogP contribution >= 0.6 is 11.6 Å². The number of pyridine rings is 1. The van der Waals surface area contributed by atoms with Crippen molar-refractivity contribution >= 4 is 28.7 Å². The summed E-state index contributed by atoms with van der Waals surface area (Å²) in [5, 5.41) is 1.50. The number of benzene rings is 1. The van der Waals surface area contributed by atoms with Crippen LogP contribution in [0.5, 0.6) is 0 Å². The van der Waals surface area contributed by atoms with Gasteiger partial charge in [-0.15, -0.1) is 0 Å². The number of carbonyl (C=O) groups is 1. The first-order valence-electron chi connectivity index (χ1n) is 4.96. The minimum atomic E-state index is -0.0974. The number of hydrogen-bond acceptors (Lipinski definition) is 2. The fourth-order valence-electron chi connectivity index (χ4n) is 1.73. The van der Waals surface area contributed by atoms with E-state index in [1.54, 1.807) is 29.0 Å². The molecule has 2 aromatic rings. The van der Waals surface area contributed by atoms with Crippen molar-refractivity contribution in [3.05, 3.63) is 45.3 Å². The Balaban J connectivity index is 2.94. The molecule has 0 aliphatic carbocycles. The van der Waals surface area contributed by atoms with E-state index in [9.17, 15) is 9.59 Å². The van der Waals surface area contributed by atoms with Crippen LogP contribution in [0.25, 0.3) is 10.8 Å². The normalized spacial score (nSPS) is 10.6. The molecule has 0 N–H and O–H groups in total. The van der Waals surface area contributed by atoms with Crippen molar-refractivity contribution in [3.63, 3.8) is 0 Å². The van der Waals surface area contributed by atoms with E-state index >= 15 is 0 Å². The van der Waals surface area contributed by atoms with Crippen molar-refractivity contribution in [2.24, 2.45) is 0 Å². The lowest BCUT2D eigenvalue weighted by atomic mass is 10.1. The second-order valence-electron chi connectivity index (χ2n) is 3.45. The third-order valence-corrected chi connectivity index (χ3v) is 2.93. The zero-order valence-electron chi connectivity index (χ0n) is 8.74. The van der Waals surface area contributed by atoms with Gasteiger partial charge in [0.15, 0.2) is 6.29 Å². The van der Waals surface area contributed by atoms with Crippen LogP contribution in [-0.4, -0.2) is 10.9 Å².